The SMILES string of the molecule is NCC1CN(C(=O)c2ccn[nH]2)CCO1. The molecular formula is C9H14N4O2. The average Bonchev–Trinajstić information content (AvgIpc) is 2.81. The summed E-state index contributed by atoms with van der Waals surface area (Å²) >= 11 is 0. The van der Waals surface area contributed by atoms with E-state index in [1.54, 1.807) is 17.2 Å². The summed E-state index contributed by atoms with van der Waals surface area (Å²) in [5, 5.41) is 6.40. The summed E-state index contributed by atoms with van der Waals surface area (Å²) < 4.78 is 5.38. The molecule has 3 N–H and O–H groups in total. The van der Waals surface area contributed by atoms with Crippen molar-refractivity contribution in [3.05, 3.63) is 18.0 Å². The van der Waals surface area contributed by atoms with Crippen LogP contribution in [-0.2, 0) is 4.74 Å². The molecule has 2 heterocycles. The highest BCUT2D eigenvalue weighted by molar-refractivity contribution is 5.92. The third-order valence-electron chi connectivity index (χ3n) is 2.42. The smallest absolute Gasteiger partial charge is 0.272 e. The first kappa shape index (κ1) is 10.1. The Morgan fingerprint density at radius 1 is 1.80 bits per heavy atom. The Morgan fingerprint density at radius 2 is 2.67 bits per heavy atom. The van der Waals surface area contributed by atoms with Crippen molar-refractivity contribution in [2.24, 2.45) is 5.73 Å². The number of ether oxygens (including phenoxy) is 1. The molecule has 1 aliphatic heterocycles. The molecule has 1 aliphatic rings. The number of aromatic nitrogens is 2. The molecule has 1 atom stereocenters. The number of carbonyl (C=O) groups is 1. The van der Waals surface area contributed by atoms with E-state index < -0.39 is 0 Å². The van der Waals surface area contributed by atoms with E-state index in [1.165, 1.54) is 0 Å². The van der Waals surface area contributed by atoms with Crippen molar-refractivity contribution in [2.45, 2.75) is 6.10 Å². The molecule has 0 saturated carbocycles. The van der Waals surface area contributed by atoms with E-state index in [2.05, 4.69) is 10.2 Å². The number of amides is 1. The highest BCUT2D eigenvalue weighted by atomic mass is 16.5. The lowest BCUT2D eigenvalue weighted by atomic mass is 10.2. The Bertz CT molecular complexity index is 325. The number of nitrogens with one attached hydrogen (secondary N) is 1. The van der Waals surface area contributed by atoms with Crippen LogP contribution in [0.5, 0.6) is 0 Å². The van der Waals surface area contributed by atoms with Crippen LogP contribution < -0.4 is 5.73 Å². The largest absolute Gasteiger partial charge is 0.373 e. The van der Waals surface area contributed by atoms with Crippen molar-refractivity contribution < 1.29 is 9.53 Å². The summed E-state index contributed by atoms with van der Waals surface area (Å²) in [5.41, 5.74) is 6.01. The maximum absolute atomic E-state index is 11.9. The summed E-state index contributed by atoms with van der Waals surface area (Å²) in [4.78, 5) is 13.6. The molecule has 0 aliphatic carbocycles. The molecule has 0 bridgehead atoms. The minimum atomic E-state index is -0.0504. The van der Waals surface area contributed by atoms with Crippen molar-refractivity contribution >= 4 is 5.91 Å². The molecule has 2 rings (SSSR count). The molecule has 0 radical (unpaired) electrons. The highest BCUT2D eigenvalue weighted by Gasteiger charge is 2.24. The van der Waals surface area contributed by atoms with Crippen LogP contribution in [0.1, 0.15) is 10.5 Å². The molecule has 0 aromatic carbocycles. The van der Waals surface area contributed by atoms with Crippen molar-refractivity contribution in [2.75, 3.05) is 26.2 Å². The number of carbonyl (C=O) groups excluding carboxylic acids is 1. The summed E-state index contributed by atoms with van der Waals surface area (Å²) in [5.74, 6) is -0.0470. The number of rotatable bonds is 2. The van der Waals surface area contributed by atoms with Gasteiger partial charge < -0.3 is 15.4 Å². The predicted octanol–water partition coefficient (Wildman–Crippen LogP) is -0.791. The van der Waals surface area contributed by atoms with Crippen LogP contribution in [0.2, 0.25) is 0 Å². The van der Waals surface area contributed by atoms with Crippen LogP contribution in [0.15, 0.2) is 12.3 Å². The number of hydrogen-bond donors (Lipinski definition) is 2. The molecule has 1 unspecified atom stereocenters. The normalized spacial score (nSPS) is 21.7. The Labute approximate surface area is 87.4 Å². The second kappa shape index (κ2) is 4.41. The maximum Gasteiger partial charge on any atom is 0.272 e. The zero-order valence-electron chi connectivity index (χ0n) is 8.35. The summed E-state index contributed by atoms with van der Waals surface area (Å²) in [6.07, 6.45) is 1.51. The Morgan fingerprint density at radius 3 is 3.33 bits per heavy atom. The summed E-state index contributed by atoms with van der Waals surface area (Å²) in [6.45, 7) is 2.14. The predicted molar refractivity (Wildman–Crippen MR) is 53.3 cm³/mol. The summed E-state index contributed by atoms with van der Waals surface area (Å²) in [6, 6.07) is 1.66. The van der Waals surface area contributed by atoms with Crippen LogP contribution >= 0.6 is 0 Å². The van der Waals surface area contributed by atoms with E-state index in [9.17, 15) is 4.79 Å². The third-order valence-corrected chi connectivity index (χ3v) is 2.42. The van der Waals surface area contributed by atoms with E-state index in [-0.39, 0.29) is 12.0 Å². The second-order valence-corrected chi connectivity index (χ2v) is 3.45. The van der Waals surface area contributed by atoms with Crippen LogP contribution in [0, 0.1) is 0 Å². The minimum absolute atomic E-state index is 0.0470. The number of H-pyrrole nitrogens is 1. The Balaban J connectivity index is 2.01. The monoisotopic (exact) mass is 210 g/mol. The number of morpholine rings is 1. The molecular weight excluding hydrogens is 196 g/mol. The molecule has 82 valence electrons. The zero-order valence-corrected chi connectivity index (χ0v) is 8.35. The Kier molecular flexibility index (Phi) is 2.98. The van der Waals surface area contributed by atoms with Gasteiger partial charge in [-0.05, 0) is 6.07 Å². The van der Waals surface area contributed by atoms with Gasteiger partial charge in [0.05, 0.1) is 12.7 Å². The lowest BCUT2D eigenvalue weighted by Crippen LogP contribution is -2.48. The van der Waals surface area contributed by atoms with Gasteiger partial charge in [-0.3, -0.25) is 9.89 Å². The van der Waals surface area contributed by atoms with Crippen molar-refractivity contribution in [1.82, 2.24) is 15.1 Å². The molecule has 1 aromatic rings. The van der Waals surface area contributed by atoms with E-state index in [0.717, 1.165) is 0 Å². The first-order valence-electron chi connectivity index (χ1n) is 4.91. The average molecular weight is 210 g/mol. The molecule has 15 heavy (non-hydrogen) atoms. The molecule has 0 spiro atoms. The molecule has 6 nitrogen and oxygen atoms in total. The fourth-order valence-electron chi connectivity index (χ4n) is 1.59. The van der Waals surface area contributed by atoms with Crippen LogP contribution in [0.4, 0.5) is 0 Å². The van der Waals surface area contributed by atoms with Gasteiger partial charge in [0, 0.05) is 25.8 Å². The van der Waals surface area contributed by atoms with E-state index >= 15 is 0 Å². The van der Waals surface area contributed by atoms with Crippen LogP contribution in [0.3, 0.4) is 0 Å². The fourth-order valence-corrected chi connectivity index (χ4v) is 1.59. The lowest BCUT2D eigenvalue weighted by Gasteiger charge is -2.31. The number of hydrogen-bond acceptors (Lipinski definition) is 4. The van der Waals surface area contributed by atoms with Gasteiger partial charge in [0.15, 0.2) is 0 Å². The fraction of sp³-hybridized carbons (Fsp3) is 0.556. The minimum Gasteiger partial charge on any atom is -0.373 e. The second-order valence-electron chi connectivity index (χ2n) is 3.45. The van der Waals surface area contributed by atoms with Crippen molar-refractivity contribution in [3.8, 4) is 0 Å². The van der Waals surface area contributed by atoms with E-state index in [0.29, 0.717) is 31.9 Å². The molecule has 1 fully saturated rings. The van der Waals surface area contributed by atoms with Gasteiger partial charge in [0.2, 0.25) is 0 Å². The van der Waals surface area contributed by atoms with Crippen molar-refractivity contribution in [1.29, 1.82) is 0 Å². The third kappa shape index (κ3) is 2.16. The number of nitrogens with two attached hydrogens (primary N) is 1. The van der Waals surface area contributed by atoms with Gasteiger partial charge in [-0.25, -0.2) is 0 Å². The zero-order chi connectivity index (χ0) is 10.7. The number of nitrogens with zero attached hydrogens (tertiary/aromatic N) is 2. The van der Waals surface area contributed by atoms with Gasteiger partial charge in [-0.2, -0.15) is 5.10 Å². The molecule has 1 saturated heterocycles. The highest BCUT2D eigenvalue weighted by Crippen LogP contribution is 2.08. The van der Waals surface area contributed by atoms with Crippen molar-refractivity contribution in [3.63, 3.8) is 0 Å². The molecule has 1 aromatic heterocycles. The maximum atomic E-state index is 11.9. The lowest BCUT2D eigenvalue weighted by molar-refractivity contribution is -0.0169. The topological polar surface area (TPSA) is 84.2 Å². The Hall–Kier alpha value is -1.40. The standard InChI is InChI=1S/C9H14N4O2/c10-5-7-6-13(3-4-15-7)9(14)8-1-2-11-12-8/h1-2,7H,3-6,10H2,(H,11,12). The van der Waals surface area contributed by atoms with E-state index in [4.69, 9.17) is 10.5 Å². The molecule has 1 amide bonds. The molecule has 6 heteroatoms. The first-order valence-corrected chi connectivity index (χ1v) is 4.91. The van der Waals surface area contributed by atoms with Crippen LogP contribution in [-0.4, -0.2) is 53.3 Å². The van der Waals surface area contributed by atoms with Gasteiger partial charge in [0.25, 0.3) is 5.91 Å². The quantitative estimate of drug-likeness (QED) is 0.670. The van der Waals surface area contributed by atoms with Gasteiger partial charge >= 0.3 is 0 Å². The summed E-state index contributed by atoms with van der Waals surface area (Å²) in [7, 11) is 0. The van der Waals surface area contributed by atoms with E-state index in [1.807, 2.05) is 0 Å². The van der Waals surface area contributed by atoms with Gasteiger partial charge in [-0.1, -0.05) is 0 Å². The number of aromatic amines is 1. The van der Waals surface area contributed by atoms with Gasteiger partial charge in [0.1, 0.15) is 5.69 Å². The van der Waals surface area contributed by atoms with Gasteiger partial charge in [-0.15, -0.1) is 0 Å². The van der Waals surface area contributed by atoms with Crippen LogP contribution in [0.25, 0.3) is 0 Å². The first-order chi connectivity index (χ1) is 7.31.